The Labute approximate surface area is 170 Å². The van der Waals surface area contributed by atoms with E-state index in [0.717, 1.165) is 19.3 Å². The number of alkyl halides is 2. The lowest BCUT2D eigenvalue weighted by Gasteiger charge is -2.40. The molecule has 1 aliphatic heterocycles. The molecule has 0 radical (unpaired) electrons. The number of rotatable bonds is 6. The Morgan fingerprint density at radius 2 is 1.86 bits per heavy atom. The third kappa shape index (κ3) is 4.86. The SMILES string of the molecule is NC(N)=NCCC1CCN(C(=O)[C@](O)(c2ccccc2)[C@@H]2CCC(F)(F)C2)CC1. The first-order valence-corrected chi connectivity index (χ1v) is 10.2. The van der Waals surface area contributed by atoms with Crippen molar-refractivity contribution < 1.29 is 18.7 Å². The molecule has 0 spiro atoms. The second-order valence-corrected chi connectivity index (χ2v) is 8.26. The quantitative estimate of drug-likeness (QED) is 0.496. The van der Waals surface area contributed by atoms with Crippen LogP contribution < -0.4 is 11.5 Å². The Morgan fingerprint density at radius 1 is 1.21 bits per heavy atom. The molecule has 6 nitrogen and oxygen atoms in total. The maximum absolute atomic E-state index is 13.9. The van der Waals surface area contributed by atoms with Crippen LogP contribution in [0, 0.1) is 11.8 Å². The maximum Gasteiger partial charge on any atom is 0.259 e. The monoisotopic (exact) mass is 408 g/mol. The molecule has 0 bridgehead atoms. The first-order valence-electron chi connectivity index (χ1n) is 10.2. The summed E-state index contributed by atoms with van der Waals surface area (Å²) in [5.74, 6) is -3.64. The summed E-state index contributed by atoms with van der Waals surface area (Å²) in [6.07, 6.45) is 1.73. The summed E-state index contributed by atoms with van der Waals surface area (Å²) in [5, 5.41) is 11.5. The van der Waals surface area contributed by atoms with E-state index in [1.165, 1.54) is 0 Å². The number of carbonyl (C=O) groups excluding carboxylic acids is 1. The summed E-state index contributed by atoms with van der Waals surface area (Å²) >= 11 is 0. The van der Waals surface area contributed by atoms with Crippen molar-refractivity contribution in [2.75, 3.05) is 19.6 Å². The normalized spacial score (nSPS) is 24.1. The Bertz CT molecular complexity index is 731. The van der Waals surface area contributed by atoms with Gasteiger partial charge in [-0.15, -0.1) is 0 Å². The molecular formula is C21H30F2N4O2. The summed E-state index contributed by atoms with van der Waals surface area (Å²) in [6, 6.07) is 8.51. The number of piperidine rings is 1. The van der Waals surface area contributed by atoms with Crippen LogP contribution >= 0.6 is 0 Å². The number of nitrogens with zero attached hydrogens (tertiary/aromatic N) is 2. The van der Waals surface area contributed by atoms with E-state index >= 15 is 0 Å². The lowest BCUT2D eigenvalue weighted by atomic mass is 9.78. The highest BCUT2D eigenvalue weighted by atomic mass is 19.3. The van der Waals surface area contributed by atoms with Gasteiger partial charge in [0.15, 0.2) is 11.6 Å². The number of benzene rings is 1. The van der Waals surface area contributed by atoms with Gasteiger partial charge in [-0.05, 0) is 37.2 Å². The molecule has 1 aliphatic carbocycles. The number of amides is 1. The van der Waals surface area contributed by atoms with E-state index in [0.29, 0.717) is 31.1 Å². The Kier molecular flexibility index (Phi) is 6.41. The maximum atomic E-state index is 13.9. The minimum Gasteiger partial charge on any atom is -0.375 e. The lowest BCUT2D eigenvalue weighted by Crippen LogP contribution is -2.53. The van der Waals surface area contributed by atoms with Gasteiger partial charge in [-0.2, -0.15) is 0 Å². The molecule has 1 saturated heterocycles. The van der Waals surface area contributed by atoms with Gasteiger partial charge in [-0.1, -0.05) is 30.3 Å². The smallest absolute Gasteiger partial charge is 0.259 e. The van der Waals surface area contributed by atoms with E-state index in [1.807, 2.05) is 0 Å². The molecular weight excluding hydrogens is 378 g/mol. The average Bonchev–Trinajstić information content (AvgIpc) is 3.08. The predicted octanol–water partition coefficient (Wildman–Crippen LogP) is 2.21. The van der Waals surface area contributed by atoms with Crippen LogP contribution in [0.1, 0.15) is 44.1 Å². The summed E-state index contributed by atoms with van der Waals surface area (Å²) in [7, 11) is 0. The number of hydrogen-bond donors (Lipinski definition) is 3. The molecule has 160 valence electrons. The highest BCUT2D eigenvalue weighted by molar-refractivity contribution is 5.87. The van der Waals surface area contributed by atoms with Crippen LogP contribution in [0.4, 0.5) is 8.78 Å². The van der Waals surface area contributed by atoms with Crippen LogP contribution in [0.3, 0.4) is 0 Å². The van der Waals surface area contributed by atoms with Gasteiger partial charge in [0.25, 0.3) is 5.91 Å². The fourth-order valence-corrected chi connectivity index (χ4v) is 4.57. The van der Waals surface area contributed by atoms with Gasteiger partial charge in [-0.3, -0.25) is 9.79 Å². The summed E-state index contributed by atoms with van der Waals surface area (Å²) in [4.78, 5) is 19.0. The first-order chi connectivity index (χ1) is 13.7. The Balaban J connectivity index is 1.72. The van der Waals surface area contributed by atoms with E-state index in [4.69, 9.17) is 11.5 Å². The van der Waals surface area contributed by atoms with Gasteiger partial charge in [0, 0.05) is 38.4 Å². The van der Waals surface area contributed by atoms with Crippen LogP contribution in [0.15, 0.2) is 35.3 Å². The number of hydrogen-bond acceptors (Lipinski definition) is 3. The molecule has 0 aromatic heterocycles. The van der Waals surface area contributed by atoms with E-state index in [-0.39, 0.29) is 18.8 Å². The molecule has 1 saturated carbocycles. The van der Waals surface area contributed by atoms with Gasteiger partial charge in [0.2, 0.25) is 5.92 Å². The fourth-order valence-electron chi connectivity index (χ4n) is 4.57. The average molecular weight is 408 g/mol. The number of halogens is 2. The van der Waals surface area contributed by atoms with Crippen LogP contribution in [0.2, 0.25) is 0 Å². The number of guanidine groups is 1. The van der Waals surface area contributed by atoms with Crippen molar-refractivity contribution in [1.29, 1.82) is 0 Å². The van der Waals surface area contributed by atoms with Crippen LogP contribution in [-0.2, 0) is 10.4 Å². The fraction of sp³-hybridized carbons (Fsp3) is 0.619. The van der Waals surface area contributed by atoms with Gasteiger partial charge in [0.1, 0.15) is 0 Å². The number of aliphatic imine (C=N–C) groups is 1. The van der Waals surface area contributed by atoms with Gasteiger partial charge >= 0.3 is 0 Å². The molecule has 5 N–H and O–H groups in total. The molecule has 2 atom stereocenters. The third-order valence-corrected chi connectivity index (χ3v) is 6.27. The van der Waals surface area contributed by atoms with Crippen molar-refractivity contribution >= 4 is 11.9 Å². The van der Waals surface area contributed by atoms with Crippen molar-refractivity contribution in [2.24, 2.45) is 28.3 Å². The third-order valence-electron chi connectivity index (χ3n) is 6.27. The highest BCUT2D eigenvalue weighted by Crippen LogP contribution is 2.48. The Morgan fingerprint density at radius 3 is 2.41 bits per heavy atom. The molecule has 8 heteroatoms. The van der Waals surface area contributed by atoms with Crippen LogP contribution in [0.5, 0.6) is 0 Å². The van der Waals surface area contributed by atoms with E-state index in [1.54, 1.807) is 35.2 Å². The van der Waals surface area contributed by atoms with E-state index < -0.39 is 29.8 Å². The first kappa shape index (κ1) is 21.5. The molecule has 29 heavy (non-hydrogen) atoms. The zero-order valence-corrected chi connectivity index (χ0v) is 16.6. The number of aliphatic hydroxyl groups is 1. The molecule has 1 aromatic rings. The minimum atomic E-state index is -2.84. The zero-order chi connectivity index (χ0) is 21.1. The van der Waals surface area contributed by atoms with Crippen LogP contribution in [-0.4, -0.2) is 47.4 Å². The number of likely N-dealkylation sites (tertiary alicyclic amines) is 1. The van der Waals surface area contributed by atoms with Gasteiger partial charge in [-0.25, -0.2) is 8.78 Å². The van der Waals surface area contributed by atoms with Crippen molar-refractivity contribution in [3.63, 3.8) is 0 Å². The summed E-state index contributed by atoms with van der Waals surface area (Å²) in [5.41, 5.74) is 9.16. The van der Waals surface area contributed by atoms with Crippen molar-refractivity contribution in [1.82, 2.24) is 4.90 Å². The minimum absolute atomic E-state index is 0.0684. The second kappa shape index (κ2) is 8.65. The highest BCUT2D eigenvalue weighted by Gasteiger charge is 2.54. The number of carbonyl (C=O) groups is 1. The molecule has 1 amide bonds. The second-order valence-electron chi connectivity index (χ2n) is 8.26. The largest absolute Gasteiger partial charge is 0.375 e. The topological polar surface area (TPSA) is 105 Å². The van der Waals surface area contributed by atoms with E-state index in [2.05, 4.69) is 4.99 Å². The van der Waals surface area contributed by atoms with E-state index in [9.17, 15) is 18.7 Å². The molecule has 1 aromatic carbocycles. The molecule has 1 heterocycles. The lowest BCUT2D eigenvalue weighted by molar-refractivity contribution is -0.162. The molecule has 0 unspecified atom stereocenters. The molecule has 3 rings (SSSR count). The van der Waals surface area contributed by atoms with Crippen LogP contribution in [0.25, 0.3) is 0 Å². The standard InChI is InChI=1S/C21H30F2N4O2/c22-20(23)10-6-17(14-20)21(29,16-4-2-1-3-5-16)18(28)27-12-8-15(9-13-27)7-11-26-19(24)25/h1-5,15,17,29H,6-14H2,(H4,24,25,26)/t17-,21+/m1/s1. The van der Waals surface area contributed by atoms with Crippen molar-refractivity contribution in [3.05, 3.63) is 35.9 Å². The molecule has 2 fully saturated rings. The number of nitrogens with two attached hydrogens (primary N) is 2. The Hall–Kier alpha value is -2.22. The molecule has 2 aliphatic rings. The summed E-state index contributed by atoms with van der Waals surface area (Å²) < 4.78 is 27.8. The van der Waals surface area contributed by atoms with Crippen molar-refractivity contribution in [3.8, 4) is 0 Å². The summed E-state index contributed by atoms with van der Waals surface area (Å²) in [6.45, 7) is 1.53. The van der Waals surface area contributed by atoms with Crippen molar-refractivity contribution in [2.45, 2.75) is 50.0 Å². The van der Waals surface area contributed by atoms with Gasteiger partial charge < -0.3 is 21.5 Å². The zero-order valence-electron chi connectivity index (χ0n) is 16.6. The van der Waals surface area contributed by atoms with Gasteiger partial charge in [0.05, 0.1) is 0 Å². The predicted molar refractivity (Wildman–Crippen MR) is 107 cm³/mol.